The van der Waals surface area contributed by atoms with E-state index < -0.39 is 5.60 Å². The number of hydrogen-bond acceptors (Lipinski definition) is 3. The normalized spacial score (nSPS) is 22.4. The van der Waals surface area contributed by atoms with Gasteiger partial charge in [0.25, 0.3) is 0 Å². The third-order valence-electron chi connectivity index (χ3n) is 3.01. The van der Waals surface area contributed by atoms with Crippen molar-refractivity contribution in [3.05, 3.63) is 35.6 Å². The van der Waals surface area contributed by atoms with Crippen molar-refractivity contribution >= 4 is 6.09 Å². The molecule has 0 aromatic heterocycles. The lowest BCUT2D eigenvalue weighted by atomic mass is 9.97. The number of rotatable bonds is 1. The second-order valence-electron chi connectivity index (χ2n) is 5.84. The lowest BCUT2D eigenvalue weighted by molar-refractivity contribution is 0.0520. The minimum absolute atomic E-state index is 0.0901. The van der Waals surface area contributed by atoms with Gasteiger partial charge >= 0.3 is 6.09 Å². The van der Waals surface area contributed by atoms with Crippen molar-refractivity contribution in [3.63, 3.8) is 0 Å². The molecular weight excluding hydrogens is 240 g/mol. The summed E-state index contributed by atoms with van der Waals surface area (Å²) in [6.45, 7) is 6.58. The van der Waals surface area contributed by atoms with Gasteiger partial charge in [-0.15, -0.1) is 0 Å². The van der Waals surface area contributed by atoms with E-state index in [1.807, 2.05) is 39.0 Å². The van der Waals surface area contributed by atoms with Crippen LogP contribution in [0.4, 0.5) is 4.79 Å². The maximum atomic E-state index is 11.9. The summed E-state index contributed by atoms with van der Waals surface area (Å²) in [4.78, 5) is 11.9. The van der Waals surface area contributed by atoms with Crippen molar-refractivity contribution in [2.24, 2.45) is 0 Å². The molecule has 1 amide bonds. The van der Waals surface area contributed by atoms with Crippen LogP contribution in [0, 0.1) is 0 Å². The average Bonchev–Trinajstić information content (AvgIpc) is 2.50. The number of allylic oxidation sites excluding steroid dienone is 3. The molecule has 1 heterocycles. The van der Waals surface area contributed by atoms with Gasteiger partial charge in [0.1, 0.15) is 5.60 Å². The second-order valence-corrected chi connectivity index (χ2v) is 5.84. The van der Waals surface area contributed by atoms with Crippen LogP contribution in [-0.4, -0.2) is 24.3 Å². The van der Waals surface area contributed by atoms with E-state index in [0.29, 0.717) is 0 Å². The highest BCUT2D eigenvalue weighted by molar-refractivity contribution is 5.69. The van der Waals surface area contributed by atoms with Crippen LogP contribution in [0.2, 0.25) is 0 Å². The van der Waals surface area contributed by atoms with Crippen LogP contribution in [0.3, 0.4) is 0 Å². The molecule has 0 aromatic carbocycles. The molecule has 1 atom stereocenters. The zero-order valence-electron chi connectivity index (χ0n) is 11.8. The molecule has 0 saturated heterocycles. The Kier molecular flexibility index (Phi) is 3.98. The largest absolute Gasteiger partial charge is 0.444 e. The van der Waals surface area contributed by atoms with Gasteiger partial charge in [0.2, 0.25) is 0 Å². The van der Waals surface area contributed by atoms with Crippen molar-refractivity contribution in [1.29, 1.82) is 0 Å². The topological polar surface area (TPSA) is 50.4 Å². The second kappa shape index (κ2) is 5.51. The number of nitrogens with one attached hydrogen (secondary N) is 2. The predicted molar refractivity (Wildman–Crippen MR) is 75.7 cm³/mol. The third-order valence-corrected chi connectivity index (χ3v) is 3.01. The first-order chi connectivity index (χ1) is 8.96. The van der Waals surface area contributed by atoms with E-state index in [2.05, 4.69) is 16.7 Å². The summed E-state index contributed by atoms with van der Waals surface area (Å²) in [5.41, 5.74) is 1.87. The van der Waals surface area contributed by atoms with E-state index in [1.165, 1.54) is 5.57 Å². The van der Waals surface area contributed by atoms with Crippen molar-refractivity contribution in [3.8, 4) is 0 Å². The van der Waals surface area contributed by atoms with Crippen LogP contribution in [0.15, 0.2) is 35.6 Å². The smallest absolute Gasteiger partial charge is 0.408 e. The maximum Gasteiger partial charge on any atom is 0.408 e. The third kappa shape index (κ3) is 3.88. The molecule has 0 radical (unpaired) electrons. The Morgan fingerprint density at radius 1 is 1.42 bits per heavy atom. The summed E-state index contributed by atoms with van der Waals surface area (Å²) < 4.78 is 5.31. The quantitative estimate of drug-likeness (QED) is 0.764. The van der Waals surface area contributed by atoms with Gasteiger partial charge in [0.15, 0.2) is 0 Å². The molecule has 1 aliphatic heterocycles. The molecule has 4 heteroatoms. The van der Waals surface area contributed by atoms with Crippen LogP contribution in [0.1, 0.15) is 33.6 Å². The Bertz CT molecular complexity index is 442. The fourth-order valence-corrected chi connectivity index (χ4v) is 2.25. The Morgan fingerprint density at radius 3 is 2.95 bits per heavy atom. The Balaban J connectivity index is 2.08. The molecular formula is C15H22N2O2. The van der Waals surface area contributed by atoms with Gasteiger partial charge in [-0.3, -0.25) is 0 Å². The molecule has 0 fully saturated rings. The molecule has 19 heavy (non-hydrogen) atoms. The molecule has 104 valence electrons. The minimum Gasteiger partial charge on any atom is -0.444 e. The highest BCUT2D eigenvalue weighted by Crippen LogP contribution is 2.22. The van der Waals surface area contributed by atoms with E-state index in [4.69, 9.17) is 4.74 Å². The van der Waals surface area contributed by atoms with E-state index in [1.54, 1.807) is 0 Å². The SMILES string of the molecule is CC(C)(C)OC(=O)NC1C=CC=CC2=C1CCCN2. The van der Waals surface area contributed by atoms with Gasteiger partial charge < -0.3 is 15.4 Å². The van der Waals surface area contributed by atoms with Crippen molar-refractivity contribution in [1.82, 2.24) is 10.6 Å². The summed E-state index contributed by atoms with van der Waals surface area (Å²) in [6.07, 6.45) is 9.72. The van der Waals surface area contributed by atoms with E-state index in [0.717, 1.165) is 25.1 Å². The summed E-state index contributed by atoms with van der Waals surface area (Å²) >= 11 is 0. The summed E-state index contributed by atoms with van der Waals surface area (Å²) in [6, 6.07) is -0.0901. The van der Waals surface area contributed by atoms with Crippen LogP contribution >= 0.6 is 0 Å². The summed E-state index contributed by atoms with van der Waals surface area (Å²) in [5, 5.41) is 6.30. The maximum absolute atomic E-state index is 11.9. The lowest BCUT2D eigenvalue weighted by Crippen LogP contribution is -2.40. The van der Waals surface area contributed by atoms with Gasteiger partial charge in [-0.05, 0) is 45.3 Å². The highest BCUT2D eigenvalue weighted by Gasteiger charge is 2.23. The van der Waals surface area contributed by atoms with Crippen molar-refractivity contribution < 1.29 is 9.53 Å². The first-order valence-corrected chi connectivity index (χ1v) is 6.77. The molecule has 4 nitrogen and oxygen atoms in total. The highest BCUT2D eigenvalue weighted by atomic mass is 16.6. The Hall–Kier alpha value is -1.71. The Morgan fingerprint density at radius 2 is 2.21 bits per heavy atom. The molecule has 0 aromatic rings. The number of ether oxygens (including phenoxy) is 1. The first kappa shape index (κ1) is 13.7. The molecule has 0 saturated carbocycles. The predicted octanol–water partition coefficient (Wildman–Crippen LogP) is 2.64. The van der Waals surface area contributed by atoms with E-state index >= 15 is 0 Å². The monoisotopic (exact) mass is 262 g/mol. The summed E-state index contributed by atoms with van der Waals surface area (Å²) in [7, 11) is 0. The Labute approximate surface area is 114 Å². The minimum atomic E-state index is -0.473. The van der Waals surface area contributed by atoms with Gasteiger partial charge in [0, 0.05) is 12.2 Å². The molecule has 1 unspecified atom stereocenters. The molecule has 2 aliphatic rings. The number of alkyl carbamates (subject to hydrolysis) is 1. The fourth-order valence-electron chi connectivity index (χ4n) is 2.25. The van der Waals surface area contributed by atoms with Crippen LogP contribution in [-0.2, 0) is 4.74 Å². The van der Waals surface area contributed by atoms with Crippen LogP contribution < -0.4 is 10.6 Å². The van der Waals surface area contributed by atoms with E-state index in [-0.39, 0.29) is 12.1 Å². The van der Waals surface area contributed by atoms with Crippen LogP contribution in [0.5, 0.6) is 0 Å². The number of hydrogen-bond donors (Lipinski definition) is 2. The molecule has 2 rings (SSSR count). The van der Waals surface area contributed by atoms with E-state index in [9.17, 15) is 4.79 Å². The zero-order valence-corrected chi connectivity index (χ0v) is 11.8. The molecule has 2 N–H and O–H groups in total. The molecule has 0 spiro atoms. The zero-order chi connectivity index (χ0) is 13.9. The number of carbonyl (C=O) groups is 1. The van der Waals surface area contributed by atoms with Gasteiger partial charge in [-0.1, -0.05) is 18.2 Å². The lowest BCUT2D eigenvalue weighted by Gasteiger charge is -2.27. The van der Waals surface area contributed by atoms with Crippen molar-refractivity contribution in [2.45, 2.75) is 45.3 Å². The summed E-state index contributed by atoms with van der Waals surface area (Å²) in [5.74, 6) is 0. The van der Waals surface area contributed by atoms with Gasteiger partial charge in [0.05, 0.1) is 6.04 Å². The first-order valence-electron chi connectivity index (χ1n) is 6.77. The average molecular weight is 262 g/mol. The fraction of sp³-hybridized carbons (Fsp3) is 0.533. The van der Waals surface area contributed by atoms with Crippen molar-refractivity contribution in [2.75, 3.05) is 6.54 Å². The van der Waals surface area contributed by atoms with Crippen LogP contribution in [0.25, 0.3) is 0 Å². The standard InChI is InChI=1S/C15H22N2O2/c1-15(2,3)19-14(18)17-13-9-5-4-8-12-11(13)7-6-10-16-12/h4-5,8-9,13,16H,6-7,10H2,1-3H3,(H,17,18). The number of amides is 1. The van der Waals surface area contributed by atoms with Gasteiger partial charge in [-0.2, -0.15) is 0 Å². The number of carbonyl (C=O) groups excluding carboxylic acids is 1. The molecule has 0 bridgehead atoms. The van der Waals surface area contributed by atoms with Gasteiger partial charge in [-0.25, -0.2) is 4.79 Å². The molecule has 1 aliphatic carbocycles.